The fourth-order valence-corrected chi connectivity index (χ4v) is 4.19. The number of methoxy groups -OCH3 is 3. The Kier molecular flexibility index (Phi) is 6.88. The SMILES string of the molecule is COC(=O)C1=C(C(=O)OC)N(c2cc(OC)cc(-n3nnnc3C)c2)C(N)=C(C#N)C1c1ccccc1. The van der Waals surface area contributed by atoms with Gasteiger partial charge in [0, 0.05) is 12.1 Å². The largest absolute Gasteiger partial charge is 0.497 e. The fourth-order valence-electron chi connectivity index (χ4n) is 4.19. The van der Waals surface area contributed by atoms with Crippen molar-refractivity contribution in [3.8, 4) is 17.5 Å². The summed E-state index contributed by atoms with van der Waals surface area (Å²) in [5.74, 6) is -1.86. The smallest absolute Gasteiger partial charge is 0.355 e. The summed E-state index contributed by atoms with van der Waals surface area (Å²) in [6.07, 6.45) is 0. The molecule has 188 valence electrons. The van der Waals surface area contributed by atoms with Gasteiger partial charge < -0.3 is 19.9 Å². The summed E-state index contributed by atoms with van der Waals surface area (Å²) in [6, 6.07) is 15.8. The zero-order valence-corrected chi connectivity index (χ0v) is 20.5. The summed E-state index contributed by atoms with van der Waals surface area (Å²) in [5.41, 5.74) is 7.66. The highest BCUT2D eigenvalue weighted by atomic mass is 16.5. The minimum Gasteiger partial charge on any atom is -0.497 e. The molecule has 0 spiro atoms. The Balaban J connectivity index is 2.07. The van der Waals surface area contributed by atoms with Gasteiger partial charge in [-0.15, -0.1) is 5.10 Å². The van der Waals surface area contributed by atoms with Crippen LogP contribution in [0.15, 0.2) is 71.2 Å². The second-order valence-electron chi connectivity index (χ2n) is 7.86. The van der Waals surface area contributed by atoms with Crippen LogP contribution in [-0.2, 0) is 19.1 Å². The van der Waals surface area contributed by atoms with E-state index in [-0.39, 0.29) is 22.7 Å². The Labute approximate surface area is 212 Å². The topological polar surface area (TPSA) is 158 Å². The van der Waals surface area contributed by atoms with E-state index in [1.165, 1.54) is 30.9 Å². The Hall–Kier alpha value is -5.18. The normalized spacial score (nSPS) is 15.3. The van der Waals surface area contributed by atoms with Crippen LogP contribution in [0.3, 0.4) is 0 Å². The van der Waals surface area contributed by atoms with E-state index in [1.807, 2.05) is 0 Å². The number of esters is 2. The first-order valence-electron chi connectivity index (χ1n) is 11.0. The highest BCUT2D eigenvalue weighted by molar-refractivity contribution is 6.06. The molecule has 37 heavy (non-hydrogen) atoms. The molecule has 0 radical (unpaired) electrons. The van der Waals surface area contributed by atoms with Crippen molar-refractivity contribution in [2.75, 3.05) is 26.2 Å². The van der Waals surface area contributed by atoms with Gasteiger partial charge in [-0.1, -0.05) is 30.3 Å². The Morgan fingerprint density at radius 2 is 1.70 bits per heavy atom. The van der Waals surface area contributed by atoms with Gasteiger partial charge in [0.25, 0.3) is 0 Å². The molecule has 2 aromatic carbocycles. The number of anilines is 1. The quantitative estimate of drug-likeness (QED) is 0.491. The zero-order chi connectivity index (χ0) is 26.7. The number of nitrogens with zero attached hydrogens (tertiary/aromatic N) is 6. The van der Waals surface area contributed by atoms with Gasteiger partial charge in [0.2, 0.25) is 0 Å². The average Bonchev–Trinajstić information content (AvgIpc) is 3.37. The zero-order valence-electron chi connectivity index (χ0n) is 20.5. The fraction of sp³-hybridized carbons (Fsp3) is 0.200. The number of aryl methyl sites for hydroxylation is 1. The number of carbonyl (C=O) groups excluding carboxylic acids is 2. The van der Waals surface area contributed by atoms with Crippen LogP contribution in [0.5, 0.6) is 5.75 Å². The molecule has 1 aliphatic heterocycles. The second-order valence-corrected chi connectivity index (χ2v) is 7.86. The van der Waals surface area contributed by atoms with E-state index in [2.05, 4.69) is 21.6 Å². The molecule has 3 aromatic rings. The van der Waals surface area contributed by atoms with Crippen molar-refractivity contribution in [1.82, 2.24) is 20.2 Å². The van der Waals surface area contributed by atoms with Crippen molar-refractivity contribution in [2.24, 2.45) is 5.73 Å². The first-order valence-corrected chi connectivity index (χ1v) is 11.0. The molecule has 0 bridgehead atoms. The summed E-state index contributed by atoms with van der Waals surface area (Å²) >= 11 is 0. The Morgan fingerprint density at radius 3 is 2.27 bits per heavy atom. The lowest BCUT2D eigenvalue weighted by Gasteiger charge is -2.36. The van der Waals surface area contributed by atoms with Crippen molar-refractivity contribution in [3.63, 3.8) is 0 Å². The molecule has 1 atom stereocenters. The van der Waals surface area contributed by atoms with Crippen molar-refractivity contribution in [3.05, 3.63) is 82.6 Å². The molecule has 12 heteroatoms. The number of benzene rings is 2. The number of ether oxygens (including phenoxy) is 3. The van der Waals surface area contributed by atoms with Crippen LogP contribution in [0.25, 0.3) is 5.69 Å². The molecule has 4 rings (SSSR count). The first kappa shape index (κ1) is 24.9. The molecule has 0 saturated heterocycles. The molecule has 0 aliphatic carbocycles. The molecule has 2 N–H and O–H groups in total. The van der Waals surface area contributed by atoms with Gasteiger partial charge in [-0.05, 0) is 29.0 Å². The molecular formula is C25H23N7O5. The Morgan fingerprint density at radius 1 is 1.03 bits per heavy atom. The Bertz CT molecular complexity index is 1470. The molecular weight excluding hydrogens is 478 g/mol. The van der Waals surface area contributed by atoms with Crippen LogP contribution in [0, 0.1) is 18.3 Å². The molecule has 1 unspecified atom stereocenters. The highest BCUT2D eigenvalue weighted by Crippen LogP contribution is 2.44. The van der Waals surface area contributed by atoms with Crippen molar-refractivity contribution in [2.45, 2.75) is 12.8 Å². The predicted molar refractivity (Wildman–Crippen MR) is 130 cm³/mol. The van der Waals surface area contributed by atoms with E-state index in [4.69, 9.17) is 19.9 Å². The van der Waals surface area contributed by atoms with Gasteiger partial charge in [-0.25, -0.2) is 9.59 Å². The molecule has 0 saturated carbocycles. The summed E-state index contributed by atoms with van der Waals surface area (Å²) in [6.45, 7) is 1.71. The maximum absolute atomic E-state index is 13.3. The molecule has 1 aliphatic rings. The molecule has 0 fully saturated rings. The van der Waals surface area contributed by atoms with Gasteiger partial charge in [0.05, 0.1) is 55.8 Å². The third kappa shape index (κ3) is 4.34. The van der Waals surface area contributed by atoms with E-state index >= 15 is 0 Å². The van der Waals surface area contributed by atoms with Gasteiger partial charge in [-0.2, -0.15) is 9.94 Å². The third-order valence-electron chi connectivity index (χ3n) is 5.85. The summed E-state index contributed by atoms with van der Waals surface area (Å²) in [5, 5.41) is 21.7. The monoisotopic (exact) mass is 501 g/mol. The van der Waals surface area contributed by atoms with Crippen molar-refractivity contribution < 1.29 is 23.8 Å². The lowest BCUT2D eigenvalue weighted by atomic mass is 9.81. The predicted octanol–water partition coefficient (Wildman–Crippen LogP) is 1.88. The lowest BCUT2D eigenvalue weighted by molar-refractivity contribution is -0.139. The maximum atomic E-state index is 13.3. The standard InChI is InChI=1S/C25H23N7O5/c1-14-28-29-30-32(14)17-10-16(11-18(12-17)35-2)31-22(25(34)37-4)21(24(33)36-3)20(19(13-26)23(31)27)15-8-6-5-7-9-15/h5-12,20H,27H2,1-4H3. The number of allylic oxidation sites excluding steroid dienone is 1. The number of carbonyl (C=O) groups is 2. The van der Waals surface area contributed by atoms with Crippen LogP contribution in [0.1, 0.15) is 17.3 Å². The first-order chi connectivity index (χ1) is 17.9. The molecule has 12 nitrogen and oxygen atoms in total. The summed E-state index contributed by atoms with van der Waals surface area (Å²) < 4.78 is 17.1. The number of tetrazole rings is 1. The number of aromatic nitrogens is 4. The van der Waals surface area contributed by atoms with Crippen LogP contribution >= 0.6 is 0 Å². The minimum atomic E-state index is -0.976. The average molecular weight is 502 g/mol. The summed E-state index contributed by atoms with van der Waals surface area (Å²) in [7, 11) is 3.84. The van der Waals surface area contributed by atoms with Gasteiger partial charge >= 0.3 is 11.9 Å². The maximum Gasteiger partial charge on any atom is 0.355 e. The van der Waals surface area contributed by atoms with E-state index in [0.717, 1.165) is 0 Å². The minimum absolute atomic E-state index is 0.0437. The molecule has 0 amide bonds. The number of nitriles is 1. The van der Waals surface area contributed by atoms with Crippen LogP contribution in [-0.4, -0.2) is 53.5 Å². The third-order valence-corrected chi connectivity index (χ3v) is 5.85. The van der Waals surface area contributed by atoms with Crippen molar-refractivity contribution in [1.29, 1.82) is 5.26 Å². The lowest BCUT2D eigenvalue weighted by Crippen LogP contribution is -2.40. The van der Waals surface area contributed by atoms with Crippen LogP contribution in [0.2, 0.25) is 0 Å². The van der Waals surface area contributed by atoms with E-state index < -0.39 is 17.9 Å². The van der Waals surface area contributed by atoms with Gasteiger partial charge in [0.1, 0.15) is 17.3 Å². The molecule has 1 aromatic heterocycles. The number of hydrogen-bond acceptors (Lipinski definition) is 11. The van der Waals surface area contributed by atoms with Crippen LogP contribution in [0.4, 0.5) is 5.69 Å². The highest BCUT2D eigenvalue weighted by Gasteiger charge is 2.43. The van der Waals surface area contributed by atoms with E-state index in [1.54, 1.807) is 55.5 Å². The number of rotatable bonds is 6. The molecule has 2 heterocycles. The van der Waals surface area contributed by atoms with Gasteiger partial charge in [0.15, 0.2) is 5.82 Å². The number of hydrogen-bond donors (Lipinski definition) is 1. The van der Waals surface area contributed by atoms with Gasteiger partial charge in [-0.3, -0.25) is 4.90 Å². The van der Waals surface area contributed by atoms with Crippen LogP contribution < -0.4 is 15.4 Å². The second kappa shape index (κ2) is 10.2. The summed E-state index contributed by atoms with van der Waals surface area (Å²) in [4.78, 5) is 27.7. The van der Waals surface area contributed by atoms with Crippen molar-refractivity contribution >= 4 is 17.6 Å². The number of nitrogens with two attached hydrogens (primary N) is 1. The van der Waals surface area contributed by atoms with E-state index in [0.29, 0.717) is 28.5 Å². The van der Waals surface area contributed by atoms with E-state index in [9.17, 15) is 14.9 Å².